The van der Waals surface area contributed by atoms with Crippen molar-refractivity contribution in [2.24, 2.45) is 5.73 Å². The van der Waals surface area contributed by atoms with Crippen molar-refractivity contribution in [3.63, 3.8) is 0 Å². The Bertz CT molecular complexity index is 569. The van der Waals surface area contributed by atoms with Crippen LogP contribution in [0.4, 0.5) is 0 Å². The Morgan fingerprint density at radius 3 is 2.71 bits per heavy atom. The number of thiophene rings is 1. The van der Waals surface area contributed by atoms with E-state index in [1.807, 2.05) is 26.8 Å². The van der Waals surface area contributed by atoms with Gasteiger partial charge in [0.2, 0.25) is 5.91 Å². The van der Waals surface area contributed by atoms with Crippen molar-refractivity contribution in [3.8, 4) is 11.8 Å². The van der Waals surface area contributed by atoms with Crippen LogP contribution in [0.15, 0.2) is 6.07 Å². The van der Waals surface area contributed by atoms with Crippen LogP contribution >= 0.6 is 11.3 Å². The van der Waals surface area contributed by atoms with Gasteiger partial charge in [0, 0.05) is 13.1 Å². The first kappa shape index (κ1) is 17.2. The fraction of sp³-hybridized carbons (Fsp3) is 0.467. The topological polar surface area (TPSA) is 75.4 Å². The molecule has 1 heterocycles. The average Bonchev–Trinajstić information content (AvgIpc) is 2.83. The fourth-order valence-corrected chi connectivity index (χ4v) is 2.77. The Kier molecular flexibility index (Phi) is 6.92. The van der Waals surface area contributed by atoms with Crippen molar-refractivity contribution in [3.05, 3.63) is 21.4 Å². The molecule has 0 saturated heterocycles. The third kappa shape index (κ3) is 4.88. The molecule has 1 aromatic heterocycles. The van der Waals surface area contributed by atoms with Gasteiger partial charge in [0.15, 0.2) is 0 Å². The Morgan fingerprint density at radius 1 is 1.43 bits per heavy atom. The molecule has 0 fully saturated rings. The lowest BCUT2D eigenvalue weighted by molar-refractivity contribution is -0.121. The van der Waals surface area contributed by atoms with Gasteiger partial charge >= 0.3 is 0 Å². The normalized spacial score (nSPS) is 9.71. The SMILES string of the molecule is CCNC(=O)CN(CC)C(=O)c1cc(C)c(C#CCN)s1. The van der Waals surface area contributed by atoms with Crippen LogP contribution < -0.4 is 11.1 Å². The number of nitrogens with two attached hydrogens (primary N) is 1. The number of hydrogen-bond donors (Lipinski definition) is 2. The third-order valence-corrected chi connectivity index (χ3v) is 3.95. The van der Waals surface area contributed by atoms with Crippen molar-refractivity contribution in [2.75, 3.05) is 26.2 Å². The fourth-order valence-electron chi connectivity index (χ4n) is 1.75. The van der Waals surface area contributed by atoms with E-state index in [0.717, 1.165) is 10.4 Å². The highest BCUT2D eigenvalue weighted by Crippen LogP contribution is 2.22. The smallest absolute Gasteiger partial charge is 0.264 e. The molecular formula is C15H21N3O2S. The number of amides is 2. The molecule has 0 aliphatic heterocycles. The summed E-state index contributed by atoms with van der Waals surface area (Å²) in [7, 11) is 0. The maximum atomic E-state index is 12.4. The molecule has 0 bridgehead atoms. The van der Waals surface area contributed by atoms with Crippen LogP contribution in [-0.2, 0) is 4.79 Å². The molecule has 0 radical (unpaired) electrons. The molecule has 0 aliphatic carbocycles. The molecular weight excluding hydrogens is 286 g/mol. The highest BCUT2D eigenvalue weighted by atomic mass is 32.1. The van der Waals surface area contributed by atoms with Crippen molar-refractivity contribution >= 4 is 23.2 Å². The van der Waals surface area contributed by atoms with E-state index in [0.29, 0.717) is 24.5 Å². The van der Waals surface area contributed by atoms with Crippen LogP contribution in [0, 0.1) is 18.8 Å². The monoisotopic (exact) mass is 307 g/mol. The molecule has 21 heavy (non-hydrogen) atoms. The number of likely N-dealkylation sites (N-methyl/N-ethyl adjacent to an activating group) is 2. The van der Waals surface area contributed by atoms with Gasteiger partial charge in [0.25, 0.3) is 5.91 Å². The molecule has 0 unspecified atom stereocenters. The summed E-state index contributed by atoms with van der Waals surface area (Å²) in [6.07, 6.45) is 0. The first-order valence-electron chi connectivity index (χ1n) is 6.88. The first-order chi connectivity index (χ1) is 10.0. The summed E-state index contributed by atoms with van der Waals surface area (Å²) in [4.78, 5) is 27.0. The summed E-state index contributed by atoms with van der Waals surface area (Å²) in [6.45, 7) is 7.02. The van der Waals surface area contributed by atoms with Gasteiger partial charge in [-0.2, -0.15) is 0 Å². The standard InChI is InChI=1S/C15H21N3O2S/c1-4-17-14(19)10-18(5-2)15(20)13-9-11(3)12(21-13)7-6-8-16/h9H,4-5,8,10,16H2,1-3H3,(H,17,19). The van der Waals surface area contributed by atoms with Crippen molar-refractivity contribution in [1.82, 2.24) is 10.2 Å². The van der Waals surface area contributed by atoms with Gasteiger partial charge in [0.1, 0.15) is 0 Å². The minimum Gasteiger partial charge on any atom is -0.355 e. The number of hydrogen-bond acceptors (Lipinski definition) is 4. The number of nitrogens with one attached hydrogen (secondary N) is 1. The Hall–Kier alpha value is -1.84. The van der Waals surface area contributed by atoms with E-state index < -0.39 is 0 Å². The Balaban J connectivity index is 2.88. The molecule has 0 atom stereocenters. The zero-order valence-electron chi connectivity index (χ0n) is 12.7. The molecule has 0 spiro atoms. The molecule has 1 aromatic rings. The number of carbonyl (C=O) groups is 2. The second kappa shape index (κ2) is 8.45. The van der Waals surface area contributed by atoms with Gasteiger partial charge in [-0.05, 0) is 32.4 Å². The van der Waals surface area contributed by atoms with Gasteiger partial charge in [0.05, 0.1) is 22.8 Å². The van der Waals surface area contributed by atoms with E-state index in [1.54, 1.807) is 0 Å². The van der Waals surface area contributed by atoms with E-state index in [-0.39, 0.29) is 18.4 Å². The second-order valence-corrected chi connectivity index (χ2v) is 5.45. The molecule has 1 rings (SSSR count). The van der Waals surface area contributed by atoms with Crippen LogP contribution in [-0.4, -0.2) is 42.9 Å². The van der Waals surface area contributed by atoms with Gasteiger partial charge < -0.3 is 16.0 Å². The first-order valence-corrected chi connectivity index (χ1v) is 7.70. The van der Waals surface area contributed by atoms with Crippen LogP contribution in [0.25, 0.3) is 0 Å². The lowest BCUT2D eigenvalue weighted by Gasteiger charge is -2.19. The van der Waals surface area contributed by atoms with Crippen LogP contribution in [0.3, 0.4) is 0 Å². The number of nitrogens with zero attached hydrogens (tertiary/aromatic N) is 1. The Labute approximate surface area is 129 Å². The van der Waals surface area contributed by atoms with Crippen LogP contribution in [0.5, 0.6) is 0 Å². The summed E-state index contributed by atoms with van der Waals surface area (Å²) in [5.74, 6) is 5.46. The van der Waals surface area contributed by atoms with Crippen molar-refractivity contribution in [2.45, 2.75) is 20.8 Å². The molecule has 114 valence electrons. The number of aryl methyl sites for hydroxylation is 1. The molecule has 5 nitrogen and oxygen atoms in total. The molecule has 3 N–H and O–H groups in total. The van der Waals surface area contributed by atoms with Gasteiger partial charge in [-0.15, -0.1) is 11.3 Å². The summed E-state index contributed by atoms with van der Waals surface area (Å²) in [5.41, 5.74) is 6.31. The van der Waals surface area contributed by atoms with E-state index in [1.165, 1.54) is 16.2 Å². The second-order valence-electron chi connectivity index (χ2n) is 4.40. The maximum Gasteiger partial charge on any atom is 0.264 e. The zero-order chi connectivity index (χ0) is 15.8. The molecule has 0 aliphatic rings. The summed E-state index contributed by atoms with van der Waals surface area (Å²) in [5, 5.41) is 2.70. The van der Waals surface area contributed by atoms with E-state index in [9.17, 15) is 9.59 Å². The van der Waals surface area contributed by atoms with Crippen LogP contribution in [0.1, 0.15) is 34.0 Å². The quantitative estimate of drug-likeness (QED) is 0.796. The third-order valence-electron chi connectivity index (χ3n) is 2.81. The highest BCUT2D eigenvalue weighted by Gasteiger charge is 2.19. The predicted molar refractivity (Wildman–Crippen MR) is 85.2 cm³/mol. The lowest BCUT2D eigenvalue weighted by atomic mass is 10.2. The number of carbonyl (C=O) groups excluding carboxylic acids is 2. The minimum atomic E-state index is -0.149. The molecule has 0 saturated carbocycles. The largest absolute Gasteiger partial charge is 0.355 e. The van der Waals surface area contributed by atoms with Crippen molar-refractivity contribution < 1.29 is 9.59 Å². The van der Waals surface area contributed by atoms with Gasteiger partial charge in [-0.3, -0.25) is 9.59 Å². The minimum absolute atomic E-state index is 0.0733. The predicted octanol–water partition coefficient (Wildman–Crippen LogP) is 0.965. The van der Waals surface area contributed by atoms with Gasteiger partial charge in [-0.25, -0.2) is 0 Å². The average molecular weight is 307 g/mol. The Morgan fingerprint density at radius 2 is 2.14 bits per heavy atom. The van der Waals surface area contributed by atoms with Crippen molar-refractivity contribution in [1.29, 1.82) is 0 Å². The summed E-state index contributed by atoms with van der Waals surface area (Å²) >= 11 is 1.34. The number of rotatable bonds is 5. The van der Waals surface area contributed by atoms with E-state index in [4.69, 9.17) is 5.73 Å². The maximum absolute atomic E-state index is 12.4. The molecule has 6 heteroatoms. The highest BCUT2D eigenvalue weighted by molar-refractivity contribution is 7.14. The van der Waals surface area contributed by atoms with Crippen LogP contribution in [0.2, 0.25) is 0 Å². The summed E-state index contributed by atoms with van der Waals surface area (Å²) < 4.78 is 0. The lowest BCUT2D eigenvalue weighted by Crippen LogP contribution is -2.40. The molecule has 0 aromatic carbocycles. The summed E-state index contributed by atoms with van der Waals surface area (Å²) in [6, 6.07) is 1.81. The zero-order valence-corrected chi connectivity index (χ0v) is 13.5. The van der Waals surface area contributed by atoms with E-state index in [2.05, 4.69) is 17.2 Å². The van der Waals surface area contributed by atoms with Gasteiger partial charge in [-0.1, -0.05) is 11.8 Å². The van der Waals surface area contributed by atoms with E-state index >= 15 is 0 Å². The molecule has 2 amide bonds.